The van der Waals surface area contributed by atoms with Gasteiger partial charge in [0.15, 0.2) is 0 Å². The van der Waals surface area contributed by atoms with Gasteiger partial charge in [0.2, 0.25) is 5.95 Å². The Hall–Kier alpha value is -3.59. The Labute approximate surface area is 207 Å². The molecule has 3 N–H and O–H groups in total. The average Bonchev–Trinajstić information content (AvgIpc) is 3.14. The lowest BCUT2D eigenvalue weighted by Gasteiger charge is -2.21. The molecule has 0 radical (unpaired) electrons. The number of nitrogens with zero attached hydrogens (tertiary/aromatic N) is 3. The Bertz CT molecular complexity index is 1400. The molecule has 0 saturated carbocycles. The number of thioether (sulfide) groups is 1. The number of hydrogen-bond donors (Lipinski definition) is 3. The lowest BCUT2D eigenvalue weighted by molar-refractivity contribution is -0.138. The van der Waals surface area contributed by atoms with Gasteiger partial charge in [0.25, 0.3) is 5.91 Å². The molecule has 35 heavy (non-hydrogen) atoms. The van der Waals surface area contributed by atoms with Crippen LogP contribution in [0.3, 0.4) is 0 Å². The Balaban J connectivity index is 1.58. The smallest absolute Gasteiger partial charge is 0.319 e. The Morgan fingerprint density at radius 1 is 1.26 bits per heavy atom. The van der Waals surface area contributed by atoms with E-state index in [9.17, 15) is 14.7 Å². The average molecular weight is 492 g/mol. The van der Waals surface area contributed by atoms with Gasteiger partial charge in [-0.05, 0) is 40.2 Å². The number of aromatic nitrogens is 4. The summed E-state index contributed by atoms with van der Waals surface area (Å²) in [5.74, 6) is -0.121. The highest BCUT2D eigenvalue weighted by Gasteiger charge is 2.30. The van der Waals surface area contributed by atoms with Crippen LogP contribution in [0.2, 0.25) is 0 Å². The minimum atomic E-state index is -0.913. The fourth-order valence-electron chi connectivity index (χ4n) is 3.89. The monoisotopic (exact) mass is 491 g/mol. The third kappa shape index (κ3) is 5.24. The van der Waals surface area contributed by atoms with Crippen molar-refractivity contribution in [3.8, 4) is 0 Å². The van der Waals surface area contributed by atoms with Gasteiger partial charge in [-0.2, -0.15) is 0 Å². The van der Waals surface area contributed by atoms with Gasteiger partial charge < -0.3 is 14.7 Å². The van der Waals surface area contributed by atoms with Gasteiger partial charge in [0.05, 0.1) is 10.7 Å². The molecule has 1 unspecified atom stereocenters. The minimum Gasteiger partial charge on any atom is -0.480 e. The fourth-order valence-corrected chi connectivity index (χ4v) is 5.00. The van der Waals surface area contributed by atoms with Crippen LogP contribution in [0.4, 0.5) is 5.95 Å². The van der Waals surface area contributed by atoms with Gasteiger partial charge in [0.1, 0.15) is 16.3 Å². The summed E-state index contributed by atoms with van der Waals surface area (Å²) in [6.07, 6.45) is 18.4. The molecule has 2 heterocycles. The molecule has 182 valence electrons. The number of rotatable bonds is 7. The molecule has 1 atom stereocenters. The first-order chi connectivity index (χ1) is 16.7. The summed E-state index contributed by atoms with van der Waals surface area (Å²) in [7, 11) is 0. The zero-order chi connectivity index (χ0) is 25.2. The molecule has 4 rings (SSSR count). The van der Waals surface area contributed by atoms with Crippen LogP contribution >= 0.6 is 11.8 Å². The first-order valence-corrected chi connectivity index (χ1v) is 12.4. The summed E-state index contributed by atoms with van der Waals surface area (Å²) in [6, 6.07) is 0. The molecule has 2 aromatic heterocycles. The maximum atomic E-state index is 13.1. The molecule has 8 nitrogen and oxygen atoms in total. The summed E-state index contributed by atoms with van der Waals surface area (Å²) in [5, 5.41) is 13.9. The molecule has 0 aliphatic heterocycles. The molecular formula is C26H29N5O3S. The van der Waals surface area contributed by atoms with Crippen molar-refractivity contribution in [3.63, 3.8) is 0 Å². The third-order valence-corrected chi connectivity index (χ3v) is 7.19. The van der Waals surface area contributed by atoms with Crippen molar-refractivity contribution in [1.29, 1.82) is 0 Å². The molecule has 2 aromatic rings. The number of carbonyl (C=O) groups is 2. The standard InChI is InChI=1S/C26H29N5O3S/c1-5-31-16(2)21(23(32)30-25-27-19-12-7-6-8-13-20(19)28-25)29-22(31)17-10-9-11-18(15-14-17)35-26(3,4)24(33)34/h6-7,9-15,18H,5,8H2,1-4H3,(H,33,34)(H2,27,28,30,32). The Morgan fingerprint density at radius 3 is 2.80 bits per heavy atom. The molecular weight excluding hydrogens is 462 g/mol. The topological polar surface area (TPSA) is 113 Å². The second kappa shape index (κ2) is 9.95. The van der Waals surface area contributed by atoms with Crippen molar-refractivity contribution < 1.29 is 14.7 Å². The number of anilines is 1. The number of amides is 1. The molecule has 2 aliphatic rings. The van der Waals surface area contributed by atoms with Crippen LogP contribution in [0.15, 0.2) is 42.5 Å². The molecule has 0 saturated heterocycles. The van der Waals surface area contributed by atoms with E-state index in [0.717, 1.165) is 28.4 Å². The van der Waals surface area contributed by atoms with E-state index in [1.807, 2.05) is 73.1 Å². The molecule has 9 heteroatoms. The summed E-state index contributed by atoms with van der Waals surface area (Å²) < 4.78 is 1.08. The van der Waals surface area contributed by atoms with Gasteiger partial charge in [-0.1, -0.05) is 48.6 Å². The summed E-state index contributed by atoms with van der Waals surface area (Å²) in [5.41, 5.74) is 1.94. The predicted octanol–water partition coefficient (Wildman–Crippen LogP) is 3.18. The Morgan fingerprint density at radius 2 is 2.06 bits per heavy atom. The highest BCUT2D eigenvalue weighted by molar-refractivity contribution is 8.02. The van der Waals surface area contributed by atoms with Crippen LogP contribution in [-0.4, -0.2) is 46.5 Å². The van der Waals surface area contributed by atoms with Crippen LogP contribution in [0.25, 0.3) is 17.7 Å². The van der Waals surface area contributed by atoms with E-state index >= 15 is 0 Å². The summed E-state index contributed by atoms with van der Waals surface area (Å²) in [6.45, 7) is 7.92. The van der Waals surface area contributed by atoms with Crippen LogP contribution in [0.1, 0.15) is 49.2 Å². The first-order valence-electron chi connectivity index (χ1n) is 11.5. The van der Waals surface area contributed by atoms with Gasteiger partial charge >= 0.3 is 5.97 Å². The van der Waals surface area contributed by atoms with Crippen molar-refractivity contribution in [2.75, 3.05) is 5.32 Å². The lowest BCUT2D eigenvalue weighted by atomic mass is 10.2. The van der Waals surface area contributed by atoms with Gasteiger partial charge in [-0.15, -0.1) is 11.8 Å². The van der Waals surface area contributed by atoms with Crippen molar-refractivity contribution in [3.05, 3.63) is 70.4 Å². The van der Waals surface area contributed by atoms with Gasteiger partial charge in [0, 0.05) is 23.1 Å². The second-order valence-electron chi connectivity index (χ2n) is 8.75. The maximum Gasteiger partial charge on any atom is 0.319 e. The van der Waals surface area contributed by atoms with E-state index in [1.54, 1.807) is 13.8 Å². The number of aromatic amines is 1. The number of carboxylic acid groups (broad SMARTS) is 1. The predicted molar refractivity (Wildman–Crippen MR) is 140 cm³/mol. The highest BCUT2D eigenvalue weighted by Crippen LogP contribution is 2.32. The maximum absolute atomic E-state index is 13.1. The van der Waals surface area contributed by atoms with Crippen molar-refractivity contribution >= 4 is 47.3 Å². The molecule has 2 aliphatic carbocycles. The number of carboxylic acids is 1. The first kappa shape index (κ1) is 24.5. The summed E-state index contributed by atoms with van der Waals surface area (Å²) in [4.78, 5) is 37.0. The zero-order valence-corrected chi connectivity index (χ0v) is 21.0. The third-order valence-electron chi connectivity index (χ3n) is 5.84. The van der Waals surface area contributed by atoms with E-state index in [4.69, 9.17) is 4.98 Å². The van der Waals surface area contributed by atoms with Crippen LogP contribution in [0, 0.1) is 6.92 Å². The number of nitrogens with one attached hydrogen (secondary N) is 2. The van der Waals surface area contributed by atoms with Crippen LogP contribution in [0.5, 0.6) is 0 Å². The minimum absolute atomic E-state index is 0.0959. The van der Waals surface area contributed by atoms with Gasteiger partial charge in [-0.25, -0.2) is 9.97 Å². The van der Waals surface area contributed by atoms with E-state index in [-0.39, 0.29) is 11.2 Å². The Kier molecular flexibility index (Phi) is 6.98. The zero-order valence-electron chi connectivity index (χ0n) is 20.2. The molecule has 0 aromatic carbocycles. The lowest BCUT2D eigenvalue weighted by Crippen LogP contribution is -2.29. The van der Waals surface area contributed by atoms with Crippen molar-refractivity contribution in [2.45, 2.75) is 50.7 Å². The van der Waals surface area contributed by atoms with Crippen molar-refractivity contribution in [2.24, 2.45) is 0 Å². The SMILES string of the molecule is CCn1c(C2=CC=CC(SC(C)(C)C(=O)O)C=C2)nc(C(=O)Nc2nc3c([nH]2)=CC=CCC=3)c1C. The van der Waals surface area contributed by atoms with Crippen LogP contribution < -0.4 is 16.0 Å². The van der Waals surface area contributed by atoms with Gasteiger partial charge in [-0.3, -0.25) is 14.9 Å². The second-order valence-corrected chi connectivity index (χ2v) is 10.6. The number of imidazole rings is 2. The van der Waals surface area contributed by atoms with Crippen molar-refractivity contribution in [1.82, 2.24) is 19.5 Å². The highest BCUT2D eigenvalue weighted by atomic mass is 32.2. The fraction of sp³-hybridized carbons (Fsp3) is 0.308. The molecule has 0 fully saturated rings. The van der Waals surface area contributed by atoms with E-state index in [2.05, 4.69) is 15.3 Å². The number of aliphatic carboxylic acids is 1. The molecule has 0 spiro atoms. The van der Waals surface area contributed by atoms with Crippen LogP contribution in [-0.2, 0) is 11.3 Å². The van der Waals surface area contributed by atoms with E-state index in [0.29, 0.717) is 24.0 Å². The van der Waals surface area contributed by atoms with E-state index in [1.165, 1.54) is 11.8 Å². The van der Waals surface area contributed by atoms with E-state index < -0.39 is 10.7 Å². The molecule has 1 amide bonds. The number of fused-ring (bicyclic) bond motifs is 1. The number of carbonyl (C=O) groups excluding carboxylic acids is 1. The quantitative estimate of drug-likeness (QED) is 0.548. The number of allylic oxidation sites excluding steroid dienone is 6. The summed E-state index contributed by atoms with van der Waals surface area (Å²) >= 11 is 1.36. The number of hydrogen-bond acceptors (Lipinski definition) is 5. The number of H-pyrrole nitrogens is 1. The molecule has 0 bridgehead atoms. The largest absolute Gasteiger partial charge is 0.480 e. The normalized spacial score (nSPS) is 17.0.